The van der Waals surface area contributed by atoms with E-state index in [1.807, 2.05) is 4.90 Å². The van der Waals surface area contributed by atoms with E-state index < -0.39 is 0 Å². The maximum atomic E-state index is 11.8. The molecule has 14 heavy (non-hydrogen) atoms. The first kappa shape index (κ1) is 11.8. The average Bonchev–Trinajstić information content (AvgIpc) is 2.02. The van der Waals surface area contributed by atoms with E-state index in [0.717, 1.165) is 25.9 Å². The van der Waals surface area contributed by atoms with Gasteiger partial charge in [0, 0.05) is 24.9 Å². The lowest BCUT2D eigenvalue weighted by atomic mass is 9.91. The van der Waals surface area contributed by atoms with Crippen molar-refractivity contribution in [3.8, 4) is 0 Å². The molecule has 1 saturated heterocycles. The molecular weight excluding hydrogens is 198 g/mol. The number of nitrogens with zero attached hydrogens (tertiary/aromatic N) is 1. The number of hydrogen-bond acceptors (Lipinski definition) is 1. The molecule has 82 valence electrons. The van der Waals surface area contributed by atoms with Crippen LogP contribution in [0.15, 0.2) is 0 Å². The highest BCUT2D eigenvalue weighted by atomic mass is 35.5. The first-order valence-electron chi connectivity index (χ1n) is 5.30. The van der Waals surface area contributed by atoms with Crippen molar-refractivity contribution in [2.24, 2.45) is 5.41 Å². The van der Waals surface area contributed by atoms with Gasteiger partial charge in [-0.1, -0.05) is 20.8 Å². The lowest BCUT2D eigenvalue weighted by Gasteiger charge is -2.31. The van der Waals surface area contributed by atoms with Gasteiger partial charge in [0.2, 0.25) is 5.91 Å². The molecule has 1 rings (SSSR count). The van der Waals surface area contributed by atoms with Gasteiger partial charge >= 0.3 is 0 Å². The fraction of sp³-hybridized carbons (Fsp3) is 0.909. The van der Waals surface area contributed by atoms with E-state index >= 15 is 0 Å². The Morgan fingerprint density at radius 1 is 1.36 bits per heavy atom. The molecule has 0 aromatic carbocycles. The van der Waals surface area contributed by atoms with Crippen LogP contribution in [0.25, 0.3) is 0 Å². The summed E-state index contributed by atoms with van der Waals surface area (Å²) in [6.07, 6.45) is 2.52. The first-order valence-corrected chi connectivity index (χ1v) is 5.74. The van der Waals surface area contributed by atoms with Gasteiger partial charge < -0.3 is 4.90 Å². The highest BCUT2D eigenvalue weighted by molar-refractivity contribution is 6.20. The molecule has 1 aliphatic heterocycles. The molecule has 0 atom stereocenters. The van der Waals surface area contributed by atoms with Crippen molar-refractivity contribution in [1.82, 2.24) is 4.90 Å². The van der Waals surface area contributed by atoms with Gasteiger partial charge in [0.05, 0.1) is 0 Å². The number of piperidine rings is 1. The third kappa shape index (κ3) is 3.87. The molecule has 0 spiro atoms. The van der Waals surface area contributed by atoms with Crippen molar-refractivity contribution in [2.75, 3.05) is 13.1 Å². The monoisotopic (exact) mass is 217 g/mol. The zero-order valence-corrected chi connectivity index (χ0v) is 10.1. The van der Waals surface area contributed by atoms with E-state index in [2.05, 4.69) is 20.8 Å². The second-order valence-electron chi connectivity index (χ2n) is 5.29. The quantitative estimate of drug-likeness (QED) is 0.619. The molecule has 0 saturated carbocycles. The van der Waals surface area contributed by atoms with Crippen molar-refractivity contribution in [3.63, 3.8) is 0 Å². The first-order chi connectivity index (χ1) is 6.38. The van der Waals surface area contributed by atoms with Gasteiger partial charge in [0.25, 0.3) is 0 Å². The second kappa shape index (κ2) is 4.52. The number of carbonyl (C=O) groups is 1. The fourth-order valence-corrected chi connectivity index (χ4v) is 1.86. The highest BCUT2D eigenvalue weighted by Gasteiger charge is 2.24. The zero-order chi connectivity index (χ0) is 10.8. The Morgan fingerprint density at radius 3 is 2.29 bits per heavy atom. The number of hydrogen-bond donors (Lipinski definition) is 0. The van der Waals surface area contributed by atoms with E-state index in [0.29, 0.717) is 6.42 Å². The highest BCUT2D eigenvalue weighted by Crippen LogP contribution is 2.22. The van der Waals surface area contributed by atoms with Crippen LogP contribution < -0.4 is 0 Å². The molecule has 1 heterocycles. The summed E-state index contributed by atoms with van der Waals surface area (Å²) in [5.41, 5.74) is 0.0922. The van der Waals surface area contributed by atoms with Crippen molar-refractivity contribution in [2.45, 2.75) is 45.4 Å². The number of rotatable bonds is 1. The topological polar surface area (TPSA) is 20.3 Å². The molecule has 0 bridgehead atoms. The van der Waals surface area contributed by atoms with Gasteiger partial charge in [-0.3, -0.25) is 4.79 Å². The Labute approximate surface area is 91.6 Å². The minimum atomic E-state index is 0.0922. The molecular formula is C11H20ClNO. The summed E-state index contributed by atoms with van der Waals surface area (Å²) < 4.78 is 0. The number of halogens is 1. The molecule has 0 N–H and O–H groups in total. The fourth-order valence-electron chi connectivity index (χ4n) is 1.66. The lowest BCUT2D eigenvalue weighted by Crippen LogP contribution is -2.40. The van der Waals surface area contributed by atoms with Crippen LogP contribution in [0.5, 0.6) is 0 Å². The normalized spacial score (nSPS) is 19.9. The Hall–Kier alpha value is -0.240. The van der Waals surface area contributed by atoms with Gasteiger partial charge in [0.1, 0.15) is 0 Å². The van der Waals surface area contributed by atoms with Crippen LogP contribution in [0.2, 0.25) is 0 Å². The Balaban J connectivity index is 2.38. The molecule has 2 nitrogen and oxygen atoms in total. The second-order valence-corrected chi connectivity index (χ2v) is 5.91. The van der Waals surface area contributed by atoms with Gasteiger partial charge in [-0.05, 0) is 18.3 Å². The number of likely N-dealkylation sites (tertiary alicyclic amines) is 1. The van der Waals surface area contributed by atoms with Gasteiger partial charge in [-0.25, -0.2) is 0 Å². The van der Waals surface area contributed by atoms with Crippen LogP contribution in [-0.2, 0) is 4.79 Å². The van der Waals surface area contributed by atoms with Crippen LogP contribution in [-0.4, -0.2) is 29.3 Å². The molecule has 0 radical (unpaired) electrons. The molecule has 0 aliphatic carbocycles. The third-order valence-electron chi connectivity index (χ3n) is 2.46. The van der Waals surface area contributed by atoms with Crippen LogP contribution in [0, 0.1) is 5.41 Å². The van der Waals surface area contributed by atoms with Crippen molar-refractivity contribution < 1.29 is 4.79 Å². The smallest absolute Gasteiger partial charge is 0.223 e. The Bertz CT molecular complexity index is 202. The lowest BCUT2D eigenvalue weighted by molar-refractivity contribution is -0.133. The molecule has 0 unspecified atom stereocenters. The maximum Gasteiger partial charge on any atom is 0.223 e. The molecule has 1 fully saturated rings. The van der Waals surface area contributed by atoms with Crippen LogP contribution in [0.3, 0.4) is 0 Å². The predicted molar refractivity (Wildman–Crippen MR) is 59.5 cm³/mol. The predicted octanol–water partition coefficient (Wildman–Crippen LogP) is 2.65. The standard InChI is InChI=1S/C11H20ClNO/c1-11(2,3)8-10(14)13-6-4-9(12)5-7-13/h9H,4-8H2,1-3H3. The zero-order valence-electron chi connectivity index (χ0n) is 9.35. The Morgan fingerprint density at radius 2 is 1.86 bits per heavy atom. The van der Waals surface area contributed by atoms with E-state index in [4.69, 9.17) is 11.6 Å². The summed E-state index contributed by atoms with van der Waals surface area (Å²) in [6, 6.07) is 0. The molecule has 1 amide bonds. The van der Waals surface area contributed by atoms with Crippen LogP contribution in [0.4, 0.5) is 0 Å². The molecule has 3 heteroatoms. The van der Waals surface area contributed by atoms with Gasteiger partial charge in [-0.2, -0.15) is 0 Å². The minimum Gasteiger partial charge on any atom is -0.343 e. The van der Waals surface area contributed by atoms with Gasteiger partial charge in [-0.15, -0.1) is 11.6 Å². The average molecular weight is 218 g/mol. The van der Waals surface area contributed by atoms with Crippen molar-refractivity contribution >= 4 is 17.5 Å². The number of alkyl halides is 1. The summed E-state index contributed by atoms with van der Waals surface area (Å²) in [6.45, 7) is 7.96. The molecule has 0 aromatic rings. The number of carbonyl (C=O) groups excluding carboxylic acids is 1. The third-order valence-corrected chi connectivity index (χ3v) is 2.90. The van der Waals surface area contributed by atoms with E-state index in [9.17, 15) is 4.79 Å². The molecule has 1 aliphatic rings. The van der Waals surface area contributed by atoms with Gasteiger partial charge in [0.15, 0.2) is 0 Å². The van der Waals surface area contributed by atoms with Crippen molar-refractivity contribution in [3.05, 3.63) is 0 Å². The summed E-state index contributed by atoms with van der Waals surface area (Å²) in [5, 5.41) is 0.272. The van der Waals surface area contributed by atoms with Crippen LogP contribution in [0.1, 0.15) is 40.0 Å². The van der Waals surface area contributed by atoms with E-state index in [1.54, 1.807) is 0 Å². The molecule has 0 aromatic heterocycles. The maximum absolute atomic E-state index is 11.8. The SMILES string of the molecule is CC(C)(C)CC(=O)N1CCC(Cl)CC1. The summed E-state index contributed by atoms with van der Waals surface area (Å²) >= 11 is 5.98. The Kier molecular flexibility index (Phi) is 3.82. The van der Waals surface area contributed by atoms with Crippen LogP contribution >= 0.6 is 11.6 Å². The summed E-state index contributed by atoms with van der Waals surface area (Å²) in [5.74, 6) is 0.279. The van der Waals surface area contributed by atoms with Crippen molar-refractivity contribution in [1.29, 1.82) is 0 Å². The largest absolute Gasteiger partial charge is 0.343 e. The van der Waals surface area contributed by atoms with E-state index in [1.165, 1.54) is 0 Å². The minimum absolute atomic E-state index is 0.0922. The summed E-state index contributed by atoms with van der Waals surface area (Å²) in [4.78, 5) is 13.8. The van der Waals surface area contributed by atoms with E-state index in [-0.39, 0.29) is 16.7 Å². The number of amides is 1. The summed E-state index contributed by atoms with van der Waals surface area (Å²) in [7, 11) is 0.